The van der Waals surface area contributed by atoms with E-state index in [2.05, 4.69) is 6.92 Å². The number of aliphatic carboxylic acids is 1. The summed E-state index contributed by atoms with van der Waals surface area (Å²) in [5, 5.41) is 28.9. The first-order chi connectivity index (χ1) is 18.3. The summed E-state index contributed by atoms with van der Waals surface area (Å²) in [4.78, 5) is 18.5. The summed E-state index contributed by atoms with van der Waals surface area (Å²) in [5.74, 6) is -0.0847. The number of phenolic OH excluding ortho intramolecular Hbond substituents is 2. The molecule has 2 heterocycles. The molecule has 4 rings (SSSR count). The van der Waals surface area contributed by atoms with Crippen LogP contribution in [0.2, 0.25) is 0 Å². The molecule has 2 aromatic heterocycles. The average molecular weight is 570 g/mol. The molecule has 1 radical (unpaired) electrons. The van der Waals surface area contributed by atoms with Crippen molar-refractivity contribution in [2.75, 3.05) is 7.11 Å². The standard InChI is InChI=1S/C29H30N2O3.C2H4O2.Mn/c1-3-4-5-6-11-20-12-7-13-21(28(20)32)23-15-9-17-25(30-23)26-18-10-16-24(31-26)22-14-8-19-27(34-2)29(22)33;1-2(3)4;/h7-10,12-19,32-33H,3-6,11H2,1-2H3;1H3,(H,3,4);. The van der Waals surface area contributed by atoms with Gasteiger partial charge in [-0.25, -0.2) is 9.97 Å². The SMILES string of the molecule is CC(=O)O.CCCCCCc1cccc(-c2cccc(-c3cccc(-c4cccc(OC)c4O)n3)n2)c1O.[Mn]. The topological polar surface area (TPSA) is 113 Å². The monoisotopic (exact) mass is 569 g/mol. The fourth-order valence-electron chi connectivity index (χ4n) is 4.09. The maximum atomic E-state index is 10.9. The Morgan fingerprint density at radius 2 is 1.23 bits per heavy atom. The third-order valence-electron chi connectivity index (χ3n) is 5.95. The molecule has 0 saturated heterocycles. The molecule has 0 atom stereocenters. The van der Waals surface area contributed by atoms with Crippen LogP contribution < -0.4 is 4.74 Å². The number of hydrogen-bond acceptors (Lipinski definition) is 6. The third-order valence-corrected chi connectivity index (χ3v) is 5.95. The van der Waals surface area contributed by atoms with Crippen LogP contribution in [0.1, 0.15) is 45.1 Å². The third kappa shape index (κ3) is 8.57. The number of benzene rings is 2. The maximum absolute atomic E-state index is 10.9. The Morgan fingerprint density at radius 1 is 0.744 bits per heavy atom. The van der Waals surface area contributed by atoms with Gasteiger partial charge in [0.2, 0.25) is 0 Å². The van der Waals surface area contributed by atoms with Gasteiger partial charge in [-0.15, -0.1) is 0 Å². The zero-order chi connectivity index (χ0) is 27.5. The van der Waals surface area contributed by atoms with E-state index in [1.807, 2.05) is 60.7 Å². The van der Waals surface area contributed by atoms with Crippen molar-refractivity contribution in [1.82, 2.24) is 9.97 Å². The van der Waals surface area contributed by atoms with Crippen molar-refractivity contribution in [3.63, 3.8) is 0 Å². The van der Waals surface area contributed by atoms with Crippen molar-refractivity contribution < 1.29 is 41.9 Å². The summed E-state index contributed by atoms with van der Waals surface area (Å²) >= 11 is 0. The molecule has 0 fully saturated rings. The van der Waals surface area contributed by atoms with Gasteiger partial charge in [0.1, 0.15) is 5.75 Å². The van der Waals surface area contributed by atoms with Gasteiger partial charge in [0, 0.05) is 35.1 Å². The summed E-state index contributed by atoms with van der Waals surface area (Å²) in [5.41, 5.74) is 4.95. The fraction of sp³-hybridized carbons (Fsp3) is 0.258. The molecule has 0 saturated carbocycles. The quantitative estimate of drug-likeness (QED) is 0.145. The van der Waals surface area contributed by atoms with E-state index in [1.165, 1.54) is 26.4 Å². The minimum Gasteiger partial charge on any atom is -0.507 e. The Balaban J connectivity index is 0.000000998. The summed E-state index contributed by atoms with van der Waals surface area (Å²) in [7, 11) is 1.52. The number of rotatable bonds is 9. The largest absolute Gasteiger partial charge is 0.507 e. The van der Waals surface area contributed by atoms with Crippen LogP contribution >= 0.6 is 0 Å². The number of aryl methyl sites for hydroxylation is 1. The number of hydrogen-bond donors (Lipinski definition) is 3. The molecule has 0 spiro atoms. The van der Waals surface area contributed by atoms with E-state index in [0.29, 0.717) is 39.8 Å². The average Bonchev–Trinajstić information content (AvgIpc) is 2.92. The molecule has 0 aliphatic rings. The molecule has 7 nitrogen and oxygen atoms in total. The first-order valence-electron chi connectivity index (χ1n) is 12.7. The van der Waals surface area contributed by atoms with Crippen LogP contribution in [0.5, 0.6) is 17.2 Å². The Hall–Kier alpha value is -3.87. The number of pyridine rings is 2. The second-order valence-electron chi connectivity index (χ2n) is 8.82. The van der Waals surface area contributed by atoms with Crippen molar-refractivity contribution in [3.8, 4) is 51.2 Å². The van der Waals surface area contributed by atoms with Gasteiger partial charge < -0.3 is 20.1 Å². The van der Waals surface area contributed by atoms with E-state index in [1.54, 1.807) is 12.1 Å². The van der Waals surface area contributed by atoms with E-state index in [9.17, 15) is 10.2 Å². The number of unbranched alkanes of at least 4 members (excludes halogenated alkanes) is 3. The number of carbonyl (C=O) groups is 1. The molecule has 0 bridgehead atoms. The smallest absolute Gasteiger partial charge is 0.300 e. The van der Waals surface area contributed by atoms with Gasteiger partial charge >= 0.3 is 0 Å². The second kappa shape index (κ2) is 15.5. The molecular weight excluding hydrogens is 535 g/mol. The number of aromatic nitrogens is 2. The van der Waals surface area contributed by atoms with Gasteiger partial charge in [0.05, 0.1) is 29.9 Å². The molecule has 39 heavy (non-hydrogen) atoms. The molecule has 0 aliphatic heterocycles. The van der Waals surface area contributed by atoms with E-state index < -0.39 is 5.97 Å². The Bertz CT molecular complexity index is 1370. The van der Waals surface area contributed by atoms with E-state index in [4.69, 9.17) is 24.6 Å². The van der Waals surface area contributed by atoms with Crippen LogP contribution in [0.25, 0.3) is 33.9 Å². The molecular formula is C31H34MnN2O5. The van der Waals surface area contributed by atoms with Crippen molar-refractivity contribution in [3.05, 3.63) is 78.4 Å². The normalized spacial score (nSPS) is 10.1. The Kier molecular flexibility index (Phi) is 12.5. The van der Waals surface area contributed by atoms with E-state index >= 15 is 0 Å². The van der Waals surface area contributed by atoms with Crippen LogP contribution in [0, 0.1) is 0 Å². The van der Waals surface area contributed by atoms with Crippen molar-refractivity contribution >= 4 is 5.97 Å². The van der Waals surface area contributed by atoms with Crippen LogP contribution in [-0.4, -0.2) is 38.4 Å². The number of aromatic hydroxyl groups is 2. The van der Waals surface area contributed by atoms with E-state index in [0.717, 1.165) is 30.9 Å². The maximum Gasteiger partial charge on any atom is 0.300 e. The van der Waals surface area contributed by atoms with Gasteiger partial charge in [-0.05, 0) is 60.9 Å². The summed E-state index contributed by atoms with van der Waals surface area (Å²) in [6, 6.07) is 22.5. The Labute approximate surface area is 240 Å². The predicted octanol–water partition coefficient (Wildman–Crippen LogP) is 7.11. The number of ether oxygens (including phenoxy) is 1. The molecule has 205 valence electrons. The minimum atomic E-state index is -0.833. The predicted molar refractivity (Wildman–Crippen MR) is 149 cm³/mol. The molecule has 2 aromatic carbocycles. The summed E-state index contributed by atoms with van der Waals surface area (Å²) < 4.78 is 5.23. The van der Waals surface area contributed by atoms with E-state index in [-0.39, 0.29) is 22.8 Å². The molecule has 0 unspecified atom stereocenters. The number of nitrogens with zero attached hydrogens (tertiary/aromatic N) is 2. The first-order valence-corrected chi connectivity index (χ1v) is 12.7. The second-order valence-corrected chi connectivity index (χ2v) is 8.82. The van der Waals surface area contributed by atoms with Crippen LogP contribution in [0.4, 0.5) is 0 Å². The van der Waals surface area contributed by atoms with Crippen molar-refractivity contribution in [2.24, 2.45) is 0 Å². The number of phenols is 2. The first kappa shape index (κ1) is 31.3. The molecule has 3 N–H and O–H groups in total. The minimum absolute atomic E-state index is 0. The number of carboxylic acid groups (broad SMARTS) is 1. The number of carboxylic acids is 1. The van der Waals surface area contributed by atoms with Crippen LogP contribution in [-0.2, 0) is 28.3 Å². The van der Waals surface area contributed by atoms with Crippen molar-refractivity contribution in [2.45, 2.75) is 46.0 Å². The Morgan fingerprint density at radius 3 is 1.77 bits per heavy atom. The van der Waals surface area contributed by atoms with Gasteiger partial charge in [-0.2, -0.15) is 0 Å². The summed E-state index contributed by atoms with van der Waals surface area (Å²) in [6.45, 7) is 3.28. The van der Waals surface area contributed by atoms with Gasteiger partial charge in [0.15, 0.2) is 11.5 Å². The van der Waals surface area contributed by atoms with Crippen LogP contribution in [0.15, 0.2) is 72.8 Å². The van der Waals surface area contributed by atoms with Gasteiger partial charge in [-0.3, -0.25) is 4.79 Å². The zero-order valence-electron chi connectivity index (χ0n) is 22.4. The van der Waals surface area contributed by atoms with Crippen LogP contribution in [0.3, 0.4) is 0 Å². The molecule has 0 aliphatic carbocycles. The molecule has 8 heteroatoms. The van der Waals surface area contributed by atoms with Gasteiger partial charge in [0.25, 0.3) is 5.97 Å². The number of methoxy groups -OCH3 is 1. The molecule has 0 amide bonds. The number of para-hydroxylation sites is 2. The summed E-state index contributed by atoms with van der Waals surface area (Å²) in [6.07, 6.45) is 5.48. The van der Waals surface area contributed by atoms with Gasteiger partial charge in [-0.1, -0.05) is 56.5 Å². The zero-order valence-corrected chi connectivity index (χ0v) is 23.6. The molecule has 4 aromatic rings. The van der Waals surface area contributed by atoms with Crippen molar-refractivity contribution in [1.29, 1.82) is 0 Å². The fourth-order valence-corrected chi connectivity index (χ4v) is 4.09.